The molecule has 0 atom stereocenters. The lowest BCUT2D eigenvalue weighted by Gasteiger charge is -2.04. The third kappa shape index (κ3) is 2.24. The first-order chi connectivity index (χ1) is 8.13. The number of aryl methyl sites for hydroxylation is 2. The Morgan fingerprint density at radius 2 is 1.82 bits per heavy atom. The Morgan fingerprint density at radius 3 is 2.29 bits per heavy atom. The summed E-state index contributed by atoms with van der Waals surface area (Å²) in [7, 11) is 1.98. The van der Waals surface area contributed by atoms with Gasteiger partial charge < -0.3 is 5.73 Å². The van der Waals surface area contributed by atoms with E-state index in [4.69, 9.17) is 5.73 Å². The smallest absolute Gasteiger partial charge is 0.0674 e. The van der Waals surface area contributed by atoms with Crippen molar-refractivity contribution < 1.29 is 0 Å². The standard InChI is InChI=1S/C14H19N3/c1-10-14(11(2)17(3)16-10)13-6-4-12(5-7-13)8-9-15/h4-7H,8-9,15H2,1-3H3. The molecule has 0 fully saturated rings. The van der Waals surface area contributed by atoms with Crippen LogP contribution in [0.25, 0.3) is 11.1 Å². The Labute approximate surface area is 102 Å². The van der Waals surface area contributed by atoms with Crippen LogP contribution in [-0.2, 0) is 13.5 Å². The summed E-state index contributed by atoms with van der Waals surface area (Å²) in [4.78, 5) is 0. The Bertz CT molecular complexity index is 509. The summed E-state index contributed by atoms with van der Waals surface area (Å²) in [5, 5.41) is 4.44. The van der Waals surface area contributed by atoms with Gasteiger partial charge in [-0.3, -0.25) is 4.68 Å². The van der Waals surface area contributed by atoms with Crippen LogP contribution in [0.3, 0.4) is 0 Å². The topological polar surface area (TPSA) is 43.8 Å². The highest BCUT2D eigenvalue weighted by Crippen LogP contribution is 2.26. The molecule has 1 aromatic heterocycles. The maximum absolute atomic E-state index is 5.55. The summed E-state index contributed by atoms with van der Waals surface area (Å²) in [6.45, 7) is 4.85. The quantitative estimate of drug-likeness (QED) is 0.877. The van der Waals surface area contributed by atoms with Crippen molar-refractivity contribution in [2.75, 3.05) is 6.54 Å². The molecule has 3 heteroatoms. The molecule has 0 aliphatic rings. The minimum atomic E-state index is 0.699. The zero-order valence-corrected chi connectivity index (χ0v) is 10.7. The fourth-order valence-electron chi connectivity index (χ4n) is 2.20. The van der Waals surface area contributed by atoms with Gasteiger partial charge in [0.15, 0.2) is 0 Å². The number of hydrogen-bond donors (Lipinski definition) is 1. The zero-order chi connectivity index (χ0) is 12.4. The third-order valence-electron chi connectivity index (χ3n) is 3.18. The van der Waals surface area contributed by atoms with Crippen molar-refractivity contribution in [2.24, 2.45) is 12.8 Å². The van der Waals surface area contributed by atoms with E-state index in [-0.39, 0.29) is 0 Å². The van der Waals surface area contributed by atoms with E-state index in [1.807, 2.05) is 11.7 Å². The van der Waals surface area contributed by atoms with Gasteiger partial charge in [-0.15, -0.1) is 0 Å². The molecule has 0 amide bonds. The SMILES string of the molecule is Cc1nn(C)c(C)c1-c1ccc(CCN)cc1. The van der Waals surface area contributed by atoms with E-state index < -0.39 is 0 Å². The van der Waals surface area contributed by atoms with Crippen LogP contribution in [0, 0.1) is 13.8 Å². The fraction of sp³-hybridized carbons (Fsp3) is 0.357. The Morgan fingerprint density at radius 1 is 1.18 bits per heavy atom. The summed E-state index contributed by atoms with van der Waals surface area (Å²) in [6, 6.07) is 8.60. The molecule has 3 nitrogen and oxygen atoms in total. The van der Waals surface area contributed by atoms with Gasteiger partial charge in [-0.2, -0.15) is 5.10 Å². The second-order valence-electron chi connectivity index (χ2n) is 4.41. The van der Waals surface area contributed by atoms with Gasteiger partial charge in [-0.25, -0.2) is 0 Å². The first-order valence-corrected chi connectivity index (χ1v) is 5.93. The molecule has 0 unspecified atom stereocenters. The van der Waals surface area contributed by atoms with Gasteiger partial charge in [0.2, 0.25) is 0 Å². The molecule has 2 rings (SSSR count). The number of nitrogens with zero attached hydrogens (tertiary/aromatic N) is 2. The number of nitrogens with two attached hydrogens (primary N) is 1. The maximum Gasteiger partial charge on any atom is 0.0674 e. The van der Waals surface area contributed by atoms with Crippen molar-refractivity contribution in [3.05, 3.63) is 41.2 Å². The van der Waals surface area contributed by atoms with E-state index >= 15 is 0 Å². The molecule has 0 saturated heterocycles. The van der Waals surface area contributed by atoms with Crippen molar-refractivity contribution in [3.8, 4) is 11.1 Å². The van der Waals surface area contributed by atoms with Crippen molar-refractivity contribution >= 4 is 0 Å². The van der Waals surface area contributed by atoms with Crippen LogP contribution in [0.15, 0.2) is 24.3 Å². The largest absolute Gasteiger partial charge is 0.330 e. The molecule has 0 spiro atoms. The fourth-order valence-corrected chi connectivity index (χ4v) is 2.20. The van der Waals surface area contributed by atoms with Gasteiger partial charge in [0.05, 0.1) is 5.69 Å². The van der Waals surface area contributed by atoms with Gasteiger partial charge in [0, 0.05) is 18.3 Å². The average molecular weight is 229 g/mol. The van der Waals surface area contributed by atoms with Gasteiger partial charge in [0.25, 0.3) is 0 Å². The predicted molar refractivity (Wildman–Crippen MR) is 70.9 cm³/mol. The van der Waals surface area contributed by atoms with E-state index in [0.717, 1.165) is 12.1 Å². The normalized spacial score (nSPS) is 10.8. The molecule has 1 aromatic carbocycles. The monoisotopic (exact) mass is 229 g/mol. The van der Waals surface area contributed by atoms with Crippen LogP contribution in [0.4, 0.5) is 0 Å². The molecular weight excluding hydrogens is 210 g/mol. The summed E-state index contributed by atoms with van der Waals surface area (Å²) < 4.78 is 1.93. The van der Waals surface area contributed by atoms with Crippen molar-refractivity contribution in [1.82, 2.24) is 9.78 Å². The van der Waals surface area contributed by atoms with E-state index in [2.05, 4.69) is 43.2 Å². The van der Waals surface area contributed by atoms with Crippen LogP contribution in [0.1, 0.15) is 17.0 Å². The van der Waals surface area contributed by atoms with E-state index in [1.165, 1.54) is 22.4 Å². The van der Waals surface area contributed by atoms with Crippen molar-refractivity contribution in [1.29, 1.82) is 0 Å². The molecule has 0 aliphatic carbocycles. The number of rotatable bonds is 3. The Kier molecular flexibility index (Phi) is 3.29. The summed E-state index contributed by atoms with van der Waals surface area (Å²) >= 11 is 0. The van der Waals surface area contributed by atoms with Crippen LogP contribution in [0.5, 0.6) is 0 Å². The molecule has 0 bridgehead atoms. The zero-order valence-electron chi connectivity index (χ0n) is 10.7. The molecule has 2 aromatic rings. The molecule has 2 N–H and O–H groups in total. The Hall–Kier alpha value is -1.61. The maximum atomic E-state index is 5.55. The number of aromatic nitrogens is 2. The van der Waals surface area contributed by atoms with Gasteiger partial charge in [0.1, 0.15) is 0 Å². The van der Waals surface area contributed by atoms with Gasteiger partial charge in [-0.05, 0) is 37.9 Å². The highest BCUT2D eigenvalue weighted by Gasteiger charge is 2.10. The molecule has 1 heterocycles. The highest BCUT2D eigenvalue weighted by molar-refractivity contribution is 5.68. The minimum absolute atomic E-state index is 0.699. The molecule has 17 heavy (non-hydrogen) atoms. The lowest BCUT2D eigenvalue weighted by atomic mass is 10.0. The minimum Gasteiger partial charge on any atom is -0.330 e. The van der Waals surface area contributed by atoms with Crippen LogP contribution in [0.2, 0.25) is 0 Å². The molecular formula is C14H19N3. The van der Waals surface area contributed by atoms with Crippen molar-refractivity contribution in [3.63, 3.8) is 0 Å². The molecule has 0 aliphatic heterocycles. The van der Waals surface area contributed by atoms with Gasteiger partial charge in [-0.1, -0.05) is 24.3 Å². The number of hydrogen-bond acceptors (Lipinski definition) is 2. The Balaban J connectivity index is 2.39. The molecule has 0 saturated carbocycles. The molecule has 90 valence electrons. The van der Waals surface area contributed by atoms with Crippen LogP contribution < -0.4 is 5.73 Å². The van der Waals surface area contributed by atoms with E-state index in [0.29, 0.717) is 6.54 Å². The van der Waals surface area contributed by atoms with E-state index in [9.17, 15) is 0 Å². The second-order valence-corrected chi connectivity index (χ2v) is 4.41. The summed E-state index contributed by atoms with van der Waals surface area (Å²) in [6.07, 6.45) is 0.936. The summed E-state index contributed by atoms with van der Waals surface area (Å²) in [5.41, 5.74) is 11.6. The predicted octanol–water partition coefficient (Wildman–Crippen LogP) is 2.21. The first kappa shape index (κ1) is 11.9. The van der Waals surface area contributed by atoms with Crippen LogP contribution in [-0.4, -0.2) is 16.3 Å². The average Bonchev–Trinajstić information content (AvgIpc) is 2.55. The third-order valence-corrected chi connectivity index (χ3v) is 3.18. The summed E-state index contributed by atoms with van der Waals surface area (Å²) in [5.74, 6) is 0. The second kappa shape index (κ2) is 4.72. The van der Waals surface area contributed by atoms with Gasteiger partial charge >= 0.3 is 0 Å². The molecule has 0 radical (unpaired) electrons. The lowest BCUT2D eigenvalue weighted by molar-refractivity contribution is 0.731. The lowest BCUT2D eigenvalue weighted by Crippen LogP contribution is -2.02. The number of benzene rings is 1. The highest BCUT2D eigenvalue weighted by atomic mass is 15.3. The van der Waals surface area contributed by atoms with Crippen molar-refractivity contribution in [2.45, 2.75) is 20.3 Å². The van der Waals surface area contributed by atoms with E-state index in [1.54, 1.807) is 0 Å². The first-order valence-electron chi connectivity index (χ1n) is 5.93. The van der Waals surface area contributed by atoms with Crippen LogP contribution >= 0.6 is 0 Å².